The summed E-state index contributed by atoms with van der Waals surface area (Å²) >= 11 is 1.52. The average Bonchev–Trinajstić information content (AvgIpc) is 3.59. The van der Waals surface area contributed by atoms with Gasteiger partial charge in [0, 0.05) is 52.7 Å². The van der Waals surface area contributed by atoms with Gasteiger partial charge in [-0.15, -0.1) is 11.3 Å². The van der Waals surface area contributed by atoms with Gasteiger partial charge in [0.15, 0.2) is 0 Å². The summed E-state index contributed by atoms with van der Waals surface area (Å²) in [7, 11) is 1.59. The topological polar surface area (TPSA) is 116 Å². The van der Waals surface area contributed by atoms with Gasteiger partial charge in [-0.1, -0.05) is 6.07 Å². The third-order valence-corrected chi connectivity index (χ3v) is 8.11. The molecular formula is C30H32N6O3S. The zero-order chi connectivity index (χ0) is 27.9. The lowest BCUT2D eigenvalue weighted by Crippen LogP contribution is -2.33. The van der Waals surface area contributed by atoms with Crippen LogP contribution in [0.3, 0.4) is 0 Å². The van der Waals surface area contributed by atoms with Crippen LogP contribution in [0.2, 0.25) is 0 Å². The SMILES string of the molecule is COc1cncc(-c2c(-c3ccnc(Nc4cccc(OCCCN5CCC[C@H]5CO)c4)n3)sc(C)c2C#N)c1. The lowest BCUT2D eigenvalue weighted by Gasteiger charge is -2.22. The number of aryl methyl sites for hydroxylation is 1. The van der Waals surface area contributed by atoms with Gasteiger partial charge in [0.2, 0.25) is 5.95 Å². The molecule has 4 aromatic rings. The summed E-state index contributed by atoms with van der Waals surface area (Å²) in [5.74, 6) is 1.83. The minimum absolute atomic E-state index is 0.225. The summed E-state index contributed by atoms with van der Waals surface area (Å²) in [5, 5.41) is 22.7. The first-order chi connectivity index (χ1) is 19.6. The van der Waals surface area contributed by atoms with Crippen LogP contribution in [0.1, 0.15) is 29.7 Å². The Morgan fingerprint density at radius 2 is 2.12 bits per heavy atom. The third kappa shape index (κ3) is 6.23. The Morgan fingerprint density at radius 3 is 2.95 bits per heavy atom. The number of pyridine rings is 1. The first-order valence-corrected chi connectivity index (χ1v) is 14.1. The maximum Gasteiger partial charge on any atom is 0.227 e. The van der Waals surface area contributed by atoms with Crippen molar-refractivity contribution in [2.45, 2.75) is 32.2 Å². The molecule has 0 saturated carbocycles. The maximum absolute atomic E-state index is 9.91. The van der Waals surface area contributed by atoms with Crippen LogP contribution < -0.4 is 14.8 Å². The van der Waals surface area contributed by atoms with Gasteiger partial charge in [0.1, 0.15) is 17.6 Å². The normalized spacial score (nSPS) is 15.1. The van der Waals surface area contributed by atoms with Crippen molar-refractivity contribution in [3.63, 3.8) is 0 Å². The van der Waals surface area contributed by atoms with Crippen molar-refractivity contribution in [1.29, 1.82) is 5.26 Å². The van der Waals surface area contributed by atoms with Gasteiger partial charge in [-0.2, -0.15) is 5.26 Å². The van der Waals surface area contributed by atoms with E-state index in [1.165, 1.54) is 11.3 Å². The van der Waals surface area contributed by atoms with Gasteiger partial charge in [-0.25, -0.2) is 9.97 Å². The number of nitrogens with one attached hydrogen (secondary N) is 1. The number of hydrogen-bond donors (Lipinski definition) is 2. The number of nitriles is 1. The molecule has 1 aliphatic rings. The monoisotopic (exact) mass is 556 g/mol. The Balaban J connectivity index is 1.30. The highest BCUT2D eigenvalue weighted by molar-refractivity contribution is 7.16. The third-order valence-electron chi connectivity index (χ3n) is 6.98. The van der Waals surface area contributed by atoms with E-state index in [4.69, 9.17) is 14.5 Å². The number of aliphatic hydroxyl groups excluding tert-OH is 1. The van der Waals surface area contributed by atoms with E-state index in [1.807, 2.05) is 43.3 Å². The fourth-order valence-corrected chi connectivity index (χ4v) is 6.09. The summed E-state index contributed by atoms with van der Waals surface area (Å²) in [6.45, 7) is 4.73. The smallest absolute Gasteiger partial charge is 0.227 e. The summed E-state index contributed by atoms with van der Waals surface area (Å²) in [6.07, 6.45) is 8.19. The molecule has 5 rings (SSSR count). The van der Waals surface area contributed by atoms with E-state index >= 15 is 0 Å². The van der Waals surface area contributed by atoms with Crippen LogP contribution in [0.25, 0.3) is 21.7 Å². The maximum atomic E-state index is 9.91. The van der Waals surface area contributed by atoms with Crippen LogP contribution in [0.4, 0.5) is 11.6 Å². The first kappa shape index (κ1) is 27.5. The molecular weight excluding hydrogens is 524 g/mol. The molecule has 0 spiro atoms. The van der Waals surface area contributed by atoms with Crippen LogP contribution in [0, 0.1) is 18.3 Å². The quantitative estimate of drug-likeness (QED) is 0.233. The molecule has 206 valence electrons. The van der Waals surface area contributed by atoms with Crippen molar-refractivity contribution in [1.82, 2.24) is 19.9 Å². The molecule has 0 unspecified atom stereocenters. The van der Waals surface area contributed by atoms with Crippen LogP contribution in [0.5, 0.6) is 11.5 Å². The van der Waals surface area contributed by atoms with Crippen molar-refractivity contribution >= 4 is 23.0 Å². The number of methoxy groups -OCH3 is 1. The van der Waals surface area contributed by atoms with E-state index in [9.17, 15) is 10.4 Å². The van der Waals surface area contributed by atoms with Crippen LogP contribution in [0.15, 0.2) is 55.0 Å². The highest BCUT2D eigenvalue weighted by Gasteiger charge is 2.23. The number of aromatic nitrogens is 3. The number of likely N-dealkylation sites (tertiary alicyclic amines) is 1. The minimum atomic E-state index is 0.225. The molecule has 10 heteroatoms. The van der Waals surface area contributed by atoms with E-state index in [0.29, 0.717) is 29.6 Å². The number of nitrogens with zero attached hydrogens (tertiary/aromatic N) is 5. The van der Waals surface area contributed by atoms with Gasteiger partial charge in [0.05, 0.1) is 42.7 Å². The lowest BCUT2D eigenvalue weighted by atomic mass is 10.0. The molecule has 1 saturated heterocycles. The van der Waals surface area contributed by atoms with Gasteiger partial charge in [0.25, 0.3) is 0 Å². The van der Waals surface area contributed by atoms with Crippen molar-refractivity contribution < 1.29 is 14.6 Å². The molecule has 0 amide bonds. The second-order valence-corrected chi connectivity index (χ2v) is 10.8. The van der Waals surface area contributed by atoms with Crippen LogP contribution >= 0.6 is 11.3 Å². The zero-order valence-corrected chi connectivity index (χ0v) is 23.4. The highest BCUT2D eigenvalue weighted by Crippen LogP contribution is 2.42. The Morgan fingerprint density at radius 1 is 1.23 bits per heavy atom. The number of benzene rings is 1. The molecule has 0 radical (unpaired) electrons. The molecule has 3 aromatic heterocycles. The summed E-state index contributed by atoms with van der Waals surface area (Å²) in [4.78, 5) is 17.6. The van der Waals surface area contributed by atoms with Gasteiger partial charge >= 0.3 is 0 Å². The average molecular weight is 557 g/mol. The van der Waals surface area contributed by atoms with Crippen LogP contribution in [-0.4, -0.2) is 64.4 Å². The second kappa shape index (κ2) is 12.9. The molecule has 2 N–H and O–H groups in total. The number of anilines is 2. The predicted octanol–water partition coefficient (Wildman–Crippen LogP) is 5.43. The van der Waals surface area contributed by atoms with Gasteiger partial charge in [-0.3, -0.25) is 9.88 Å². The molecule has 0 bridgehead atoms. The summed E-state index contributed by atoms with van der Waals surface area (Å²) < 4.78 is 11.4. The number of ether oxygens (including phenoxy) is 2. The van der Waals surface area contributed by atoms with Crippen molar-refractivity contribution in [3.8, 4) is 39.3 Å². The molecule has 1 fully saturated rings. The van der Waals surface area contributed by atoms with E-state index < -0.39 is 0 Å². The van der Waals surface area contributed by atoms with Crippen molar-refractivity contribution in [3.05, 3.63) is 65.4 Å². The Kier molecular flexibility index (Phi) is 8.86. The van der Waals surface area contributed by atoms with Gasteiger partial charge < -0.3 is 19.9 Å². The number of aliphatic hydroxyl groups is 1. The first-order valence-electron chi connectivity index (χ1n) is 13.3. The zero-order valence-electron chi connectivity index (χ0n) is 22.6. The Labute approximate surface area is 238 Å². The minimum Gasteiger partial charge on any atom is -0.495 e. The standard InChI is InChI=1S/C30H32N6O3S/c1-20-26(16-31)28(21-14-25(38-2)18-32-17-21)29(40-20)27-9-10-33-30(35-27)34-22-6-3-8-24(15-22)39-13-5-12-36-11-4-7-23(36)19-37/h3,6,8-10,14-15,17-18,23,37H,4-5,7,11-13,19H2,1-2H3,(H,33,34,35)/t23-/m0/s1. The summed E-state index contributed by atoms with van der Waals surface area (Å²) in [5.41, 5.74) is 3.71. The van der Waals surface area contributed by atoms with E-state index in [1.54, 1.807) is 25.7 Å². The molecule has 40 heavy (non-hydrogen) atoms. The molecule has 0 aliphatic carbocycles. The second-order valence-electron chi connectivity index (χ2n) is 9.60. The van der Waals surface area contributed by atoms with Gasteiger partial charge in [-0.05, 0) is 57.0 Å². The predicted molar refractivity (Wildman–Crippen MR) is 156 cm³/mol. The number of hydrogen-bond acceptors (Lipinski definition) is 10. The molecule has 1 aromatic carbocycles. The molecule has 1 atom stereocenters. The number of thiophene rings is 1. The van der Waals surface area contributed by atoms with E-state index in [-0.39, 0.29) is 12.6 Å². The molecule has 9 nitrogen and oxygen atoms in total. The fourth-order valence-electron chi connectivity index (χ4n) is 4.99. The molecule has 1 aliphatic heterocycles. The van der Waals surface area contributed by atoms with Crippen LogP contribution in [-0.2, 0) is 0 Å². The highest BCUT2D eigenvalue weighted by atomic mass is 32.1. The lowest BCUT2D eigenvalue weighted by molar-refractivity contribution is 0.150. The Bertz CT molecular complexity index is 1500. The largest absolute Gasteiger partial charge is 0.495 e. The molecule has 4 heterocycles. The van der Waals surface area contributed by atoms with Crippen molar-refractivity contribution in [2.24, 2.45) is 0 Å². The number of rotatable bonds is 11. The summed E-state index contributed by atoms with van der Waals surface area (Å²) in [6, 6.07) is 14.1. The van der Waals surface area contributed by atoms with E-state index in [0.717, 1.165) is 64.7 Å². The Hall–Kier alpha value is -4.04. The fraction of sp³-hybridized carbons (Fsp3) is 0.333. The van der Waals surface area contributed by atoms with E-state index in [2.05, 4.69) is 26.3 Å². The van der Waals surface area contributed by atoms with Crippen molar-refractivity contribution in [2.75, 3.05) is 38.7 Å².